The zero-order valence-corrected chi connectivity index (χ0v) is 21.8. The van der Waals surface area contributed by atoms with Crippen LogP contribution in [0.3, 0.4) is 0 Å². The van der Waals surface area contributed by atoms with Crippen molar-refractivity contribution >= 4 is 23.7 Å². The van der Waals surface area contributed by atoms with Crippen molar-refractivity contribution in [3.8, 4) is 0 Å². The first kappa shape index (κ1) is 28.3. The van der Waals surface area contributed by atoms with Crippen molar-refractivity contribution in [2.45, 2.75) is 68.8 Å². The number of nitrogens with one attached hydrogen (secondary N) is 1. The maximum atomic E-state index is 13.7. The molecule has 5 N–H and O–H groups in total. The monoisotopic (exact) mass is 536 g/mol. The van der Waals surface area contributed by atoms with Gasteiger partial charge in [0.1, 0.15) is 12.1 Å². The predicted molar refractivity (Wildman–Crippen MR) is 143 cm³/mol. The number of carboxylic acids is 1. The second kappa shape index (κ2) is 12.9. The number of hydrogen-bond acceptors (Lipinski definition) is 6. The molecule has 2 heterocycles. The van der Waals surface area contributed by atoms with Crippen molar-refractivity contribution in [2.75, 3.05) is 13.1 Å². The molecule has 0 radical (unpaired) electrons. The number of aliphatic carboxylic acids is 1. The fourth-order valence-electron chi connectivity index (χ4n) is 5.53. The Labute approximate surface area is 227 Å². The third kappa shape index (κ3) is 7.21. The van der Waals surface area contributed by atoms with Gasteiger partial charge in [0.25, 0.3) is 0 Å². The van der Waals surface area contributed by atoms with E-state index in [-0.39, 0.29) is 25.3 Å². The van der Waals surface area contributed by atoms with E-state index in [1.54, 1.807) is 0 Å². The third-order valence-electron chi connectivity index (χ3n) is 7.39. The van der Waals surface area contributed by atoms with Crippen molar-refractivity contribution in [3.05, 3.63) is 71.8 Å². The molecule has 3 amide bonds. The number of carboxylic acid groups (broad SMARTS) is 1. The van der Waals surface area contributed by atoms with Crippen LogP contribution in [0.5, 0.6) is 0 Å². The summed E-state index contributed by atoms with van der Waals surface area (Å²) >= 11 is 0. The first-order valence-electron chi connectivity index (χ1n) is 13.4. The molecule has 5 atom stereocenters. The van der Waals surface area contributed by atoms with Gasteiger partial charge in [0.2, 0.25) is 17.7 Å². The lowest BCUT2D eigenvalue weighted by atomic mass is 10.0. The summed E-state index contributed by atoms with van der Waals surface area (Å²) in [5.74, 6) is -2.29. The van der Waals surface area contributed by atoms with E-state index in [4.69, 9.17) is 5.73 Å². The molecule has 10 nitrogen and oxygen atoms in total. The summed E-state index contributed by atoms with van der Waals surface area (Å²) in [6, 6.07) is 15.4. The molecule has 208 valence electrons. The summed E-state index contributed by atoms with van der Waals surface area (Å²) in [5, 5.41) is 22.6. The van der Waals surface area contributed by atoms with E-state index in [0.717, 1.165) is 11.1 Å². The molecule has 2 aliphatic heterocycles. The summed E-state index contributed by atoms with van der Waals surface area (Å²) < 4.78 is 0. The molecular weight excluding hydrogens is 500 g/mol. The summed E-state index contributed by atoms with van der Waals surface area (Å²) in [7, 11) is 0. The molecule has 2 aromatic carbocycles. The number of nitrogens with zero attached hydrogens (tertiary/aromatic N) is 2. The van der Waals surface area contributed by atoms with Gasteiger partial charge in [-0.2, -0.15) is 0 Å². The number of aliphatic hydroxyl groups excluding tert-OH is 1. The molecule has 2 aliphatic rings. The summed E-state index contributed by atoms with van der Waals surface area (Å²) in [6.07, 6.45) is 0.584. The number of nitrogens with two attached hydrogens (primary N) is 1. The molecule has 2 fully saturated rings. The van der Waals surface area contributed by atoms with Gasteiger partial charge in [0.15, 0.2) is 0 Å². The Morgan fingerprint density at radius 3 is 2.15 bits per heavy atom. The van der Waals surface area contributed by atoms with Gasteiger partial charge >= 0.3 is 5.97 Å². The van der Waals surface area contributed by atoms with Crippen LogP contribution in [0.1, 0.15) is 36.8 Å². The molecule has 10 heteroatoms. The highest BCUT2D eigenvalue weighted by Gasteiger charge is 2.45. The van der Waals surface area contributed by atoms with Crippen molar-refractivity contribution < 1.29 is 29.4 Å². The van der Waals surface area contributed by atoms with Crippen LogP contribution in [-0.2, 0) is 32.0 Å². The molecule has 0 aromatic heterocycles. The fraction of sp³-hybridized carbons (Fsp3) is 0.448. The lowest BCUT2D eigenvalue weighted by molar-refractivity contribution is -0.147. The average Bonchev–Trinajstić information content (AvgIpc) is 3.56. The van der Waals surface area contributed by atoms with E-state index in [9.17, 15) is 29.4 Å². The van der Waals surface area contributed by atoms with Crippen LogP contribution in [0.4, 0.5) is 0 Å². The second-order valence-electron chi connectivity index (χ2n) is 10.4. The lowest BCUT2D eigenvalue weighted by Gasteiger charge is -2.32. The van der Waals surface area contributed by atoms with Crippen LogP contribution in [-0.4, -0.2) is 87.1 Å². The van der Waals surface area contributed by atoms with Crippen LogP contribution < -0.4 is 11.1 Å². The second-order valence-corrected chi connectivity index (χ2v) is 10.4. The third-order valence-corrected chi connectivity index (χ3v) is 7.39. The Morgan fingerprint density at radius 1 is 0.923 bits per heavy atom. The lowest BCUT2D eigenvalue weighted by Crippen LogP contribution is -2.56. The number of β-amino-alcohol motifs (C(OH)–C–C–N with tert-alkyl or cyclic N) is 1. The average molecular weight is 537 g/mol. The minimum Gasteiger partial charge on any atom is -0.481 e. The first-order valence-corrected chi connectivity index (χ1v) is 13.4. The first-order chi connectivity index (χ1) is 18.7. The molecule has 2 aromatic rings. The summed E-state index contributed by atoms with van der Waals surface area (Å²) in [4.78, 5) is 54.5. The quantitative estimate of drug-likeness (QED) is 0.349. The van der Waals surface area contributed by atoms with Gasteiger partial charge in [-0.15, -0.1) is 0 Å². The SMILES string of the molecule is N[C@@H](Cc1ccccc1)C(=O)N1CCC[C@H]1C(=O)N1C[C@H](O)C[C@H]1C(=O)N[C@H](CC(=O)O)Cc1ccccc1. The maximum Gasteiger partial charge on any atom is 0.305 e. The smallest absolute Gasteiger partial charge is 0.305 e. The standard InChI is InChI=1S/C29H36N4O6/c30-23(15-20-10-5-2-6-11-20)28(38)32-13-7-12-24(32)29(39)33-18-22(34)17-25(33)27(37)31-21(16-26(35)36)14-19-8-3-1-4-9-19/h1-6,8-11,21-25,34H,7,12-18,30H2,(H,31,37)(H,35,36)/t21-,22+,23-,24-,25-/m0/s1. The molecule has 0 saturated carbocycles. The van der Waals surface area contributed by atoms with Crippen LogP contribution in [0, 0.1) is 0 Å². The van der Waals surface area contributed by atoms with E-state index < -0.39 is 48.1 Å². The maximum absolute atomic E-state index is 13.7. The van der Waals surface area contributed by atoms with Gasteiger partial charge in [-0.1, -0.05) is 60.7 Å². The number of hydrogen-bond donors (Lipinski definition) is 4. The minimum atomic E-state index is -1.05. The summed E-state index contributed by atoms with van der Waals surface area (Å²) in [5.41, 5.74) is 8.03. The number of amides is 3. The number of rotatable bonds is 10. The van der Waals surface area contributed by atoms with Crippen molar-refractivity contribution in [1.29, 1.82) is 0 Å². The highest BCUT2D eigenvalue weighted by Crippen LogP contribution is 2.26. The fourth-order valence-corrected chi connectivity index (χ4v) is 5.53. The highest BCUT2D eigenvalue weighted by molar-refractivity contribution is 5.94. The Hall–Kier alpha value is -3.76. The molecule has 2 saturated heterocycles. The Balaban J connectivity index is 1.44. The van der Waals surface area contributed by atoms with Crippen LogP contribution in [0.15, 0.2) is 60.7 Å². The number of carbonyl (C=O) groups excluding carboxylic acids is 3. The van der Waals surface area contributed by atoms with E-state index in [2.05, 4.69) is 5.32 Å². The van der Waals surface area contributed by atoms with Crippen molar-refractivity contribution in [1.82, 2.24) is 15.1 Å². The van der Waals surface area contributed by atoms with Crippen molar-refractivity contribution in [3.63, 3.8) is 0 Å². The normalized spacial score (nSPS) is 22.4. The molecule has 0 bridgehead atoms. The molecule has 0 spiro atoms. The highest BCUT2D eigenvalue weighted by atomic mass is 16.4. The summed E-state index contributed by atoms with van der Waals surface area (Å²) in [6.45, 7) is 0.358. The topological polar surface area (TPSA) is 153 Å². The van der Waals surface area contributed by atoms with E-state index in [1.807, 2.05) is 60.7 Å². The Bertz CT molecular complexity index is 1160. The zero-order chi connectivity index (χ0) is 27.9. The van der Waals surface area contributed by atoms with Crippen LogP contribution >= 0.6 is 0 Å². The molecule has 39 heavy (non-hydrogen) atoms. The van der Waals surface area contributed by atoms with E-state index in [0.29, 0.717) is 32.2 Å². The van der Waals surface area contributed by atoms with Crippen molar-refractivity contribution in [2.24, 2.45) is 5.73 Å². The van der Waals surface area contributed by atoms with Crippen LogP contribution in [0.2, 0.25) is 0 Å². The van der Waals surface area contributed by atoms with Gasteiger partial charge < -0.3 is 31.1 Å². The van der Waals surface area contributed by atoms with Gasteiger partial charge in [-0.3, -0.25) is 19.2 Å². The molecule has 0 aliphatic carbocycles. The van der Waals surface area contributed by atoms with Gasteiger partial charge in [0, 0.05) is 25.6 Å². The Kier molecular flexibility index (Phi) is 9.32. The number of carbonyl (C=O) groups is 4. The number of benzene rings is 2. The molecule has 0 unspecified atom stereocenters. The zero-order valence-electron chi connectivity index (χ0n) is 21.8. The molecular formula is C29H36N4O6. The van der Waals surface area contributed by atoms with Gasteiger partial charge in [-0.25, -0.2) is 0 Å². The van der Waals surface area contributed by atoms with E-state index in [1.165, 1.54) is 9.80 Å². The Morgan fingerprint density at radius 2 is 1.54 bits per heavy atom. The predicted octanol–water partition coefficient (Wildman–Crippen LogP) is 0.711. The number of aliphatic hydroxyl groups is 1. The molecule has 4 rings (SSSR count). The van der Waals surface area contributed by atoms with Gasteiger partial charge in [0.05, 0.1) is 18.6 Å². The minimum absolute atomic E-state index is 0.0339. The largest absolute Gasteiger partial charge is 0.481 e. The number of likely N-dealkylation sites (tertiary alicyclic amines) is 2. The van der Waals surface area contributed by atoms with Gasteiger partial charge in [-0.05, 0) is 36.8 Å². The van der Waals surface area contributed by atoms with Crippen LogP contribution in [0.25, 0.3) is 0 Å². The van der Waals surface area contributed by atoms with E-state index >= 15 is 0 Å².